The second-order valence-electron chi connectivity index (χ2n) is 7.28. The molecule has 3 aromatic carbocycles. The Morgan fingerprint density at radius 2 is 1.47 bits per heavy atom. The molecule has 0 N–H and O–H groups in total. The van der Waals surface area contributed by atoms with Gasteiger partial charge in [-0.1, -0.05) is 81.9 Å². The minimum absolute atomic E-state index is 0.0727. The summed E-state index contributed by atoms with van der Waals surface area (Å²) in [5.41, 5.74) is 2.07. The number of hydroxylamine groups is 2. The van der Waals surface area contributed by atoms with Crippen LogP contribution in [0, 0.1) is 0 Å². The maximum absolute atomic E-state index is 13.2. The molecule has 0 fully saturated rings. The first-order valence-corrected chi connectivity index (χ1v) is 11.5. The maximum Gasteiger partial charge on any atom is 0.285 e. The standard InChI is InChI=1S/C24H16Cl4N2O4/c25-16-7-5-14(21(27)9-16)12-33-29-11-20-18-3-1-2-4-19(18)23(31)30(24(20)32)34-13-15-6-8-17(26)10-22(15)28/h1-11,20H,12-13H2/b29-11-. The number of hydrogen-bond donors (Lipinski definition) is 0. The van der Waals surface area contributed by atoms with E-state index in [1.165, 1.54) is 6.21 Å². The molecule has 1 aliphatic heterocycles. The molecule has 174 valence electrons. The molecule has 6 nitrogen and oxygen atoms in total. The fourth-order valence-electron chi connectivity index (χ4n) is 3.32. The number of halogens is 4. The lowest BCUT2D eigenvalue weighted by Crippen LogP contribution is -2.45. The van der Waals surface area contributed by atoms with Crippen LogP contribution in [0.15, 0.2) is 65.8 Å². The highest BCUT2D eigenvalue weighted by Gasteiger charge is 2.39. The Balaban J connectivity index is 1.51. The first kappa shape index (κ1) is 24.5. The van der Waals surface area contributed by atoms with E-state index in [1.54, 1.807) is 60.7 Å². The van der Waals surface area contributed by atoms with Crippen LogP contribution in [0.3, 0.4) is 0 Å². The summed E-state index contributed by atoms with van der Waals surface area (Å²) in [7, 11) is 0. The number of carbonyl (C=O) groups is 2. The van der Waals surface area contributed by atoms with Crippen molar-refractivity contribution < 1.29 is 19.3 Å². The maximum atomic E-state index is 13.2. The van der Waals surface area contributed by atoms with Gasteiger partial charge in [-0.25, -0.2) is 0 Å². The van der Waals surface area contributed by atoms with E-state index in [0.29, 0.717) is 42.3 Å². The number of imide groups is 1. The lowest BCUT2D eigenvalue weighted by molar-refractivity contribution is -0.174. The van der Waals surface area contributed by atoms with Crippen molar-refractivity contribution in [3.05, 3.63) is 103 Å². The molecule has 2 amide bonds. The largest absolute Gasteiger partial charge is 0.391 e. The van der Waals surface area contributed by atoms with E-state index in [4.69, 9.17) is 56.1 Å². The number of amides is 2. The molecule has 0 saturated heterocycles. The Bertz CT molecular complexity index is 1280. The van der Waals surface area contributed by atoms with Crippen LogP contribution in [0.2, 0.25) is 20.1 Å². The van der Waals surface area contributed by atoms with Gasteiger partial charge in [0.05, 0.1) is 6.21 Å². The van der Waals surface area contributed by atoms with Crippen molar-refractivity contribution in [3.63, 3.8) is 0 Å². The number of carbonyl (C=O) groups excluding carboxylic acids is 2. The highest BCUT2D eigenvalue weighted by Crippen LogP contribution is 2.30. The predicted molar refractivity (Wildman–Crippen MR) is 131 cm³/mol. The lowest BCUT2D eigenvalue weighted by Gasteiger charge is -2.29. The van der Waals surface area contributed by atoms with Gasteiger partial charge in [-0.15, -0.1) is 5.06 Å². The number of fused-ring (bicyclic) bond motifs is 1. The molecular formula is C24H16Cl4N2O4. The van der Waals surface area contributed by atoms with Crippen molar-refractivity contribution in [1.29, 1.82) is 0 Å². The van der Waals surface area contributed by atoms with Crippen LogP contribution in [-0.2, 0) is 27.7 Å². The number of rotatable bonds is 7. The van der Waals surface area contributed by atoms with Crippen molar-refractivity contribution in [2.75, 3.05) is 0 Å². The fraction of sp³-hybridized carbons (Fsp3) is 0.125. The molecule has 0 radical (unpaired) electrons. The van der Waals surface area contributed by atoms with Gasteiger partial charge in [-0.2, -0.15) is 0 Å². The van der Waals surface area contributed by atoms with Crippen LogP contribution in [0.4, 0.5) is 0 Å². The van der Waals surface area contributed by atoms with Gasteiger partial charge in [0.15, 0.2) is 0 Å². The van der Waals surface area contributed by atoms with Crippen molar-refractivity contribution in [3.8, 4) is 0 Å². The quantitative estimate of drug-likeness (QED) is 0.191. The highest BCUT2D eigenvalue weighted by molar-refractivity contribution is 6.35. The van der Waals surface area contributed by atoms with Crippen molar-refractivity contribution in [2.24, 2.45) is 5.16 Å². The lowest BCUT2D eigenvalue weighted by atomic mass is 9.90. The van der Waals surface area contributed by atoms with Gasteiger partial charge in [-0.05, 0) is 41.5 Å². The zero-order valence-electron chi connectivity index (χ0n) is 17.4. The molecule has 0 aromatic heterocycles. The Morgan fingerprint density at radius 1 is 0.853 bits per heavy atom. The number of nitrogens with zero attached hydrogens (tertiary/aromatic N) is 2. The second kappa shape index (κ2) is 10.8. The highest BCUT2D eigenvalue weighted by atomic mass is 35.5. The van der Waals surface area contributed by atoms with Crippen LogP contribution in [-0.4, -0.2) is 23.1 Å². The van der Waals surface area contributed by atoms with E-state index in [2.05, 4.69) is 5.16 Å². The molecule has 1 aliphatic rings. The van der Waals surface area contributed by atoms with Crippen LogP contribution in [0.5, 0.6) is 0 Å². The third-order valence-corrected chi connectivity index (χ3v) is 6.23. The molecule has 1 heterocycles. The van der Waals surface area contributed by atoms with Gasteiger partial charge < -0.3 is 4.84 Å². The van der Waals surface area contributed by atoms with Crippen molar-refractivity contribution in [2.45, 2.75) is 19.1 Å². The van der Waals surface area contributed by atoms with E-state index in [9.17, 15) is 9.59 Å². The van der Waals surface area contributed by atoms with Crippen molar-refractivity contribution >= 4 is 64.4 Å². The molecule has 0 saturated carbocycles. The van der Waals surface area contributed by atoms with Gasteiger partial charge in [0.2, 0.25) is 0 Å². The normalized spacial score (nSPS) is 15.6. The average Bonchev–Trinajstić information content (AvgIpc) is 2.81. The summed E-state index contributed by atoms with van der Waals surface area (Å²) in [6.07, 6.45) is 1.32. The SMILES string of the molecule is O=C1c2ccccc2C(/C=N\OCc2ccc(Cl)cc2Cl)C(=O)N1OCc1ccc(Cl)cc1Cl. The van der Waals surface area contributed by atoms with Crippen LogP contribution in [0.25, 0.3) is 0 Å². The average molecular weight is 538 g/mol. The number of benzene rings is 3. The topological polar surface area (TPSA) is 68.2 Å². The summed E-state index contributed by atoms with van der Waals surface area (Å²) in [6, 6.07) is 16.6. The summed E-state index contributed by atoms with van der Waals surface area (Å²) < 4.78 is 0. The van der Waals surface area contributed by atoms with Gasteiger partial charge in [0.25, 0.3) is 11.8 Å². The molecule has 0 spiro atoms. The van der Waals surface area contributed by atoms with Gasteiger partial charge in [0, 0.05) is 31.2 Å². The molecule has 34 heavy (non-hydrogen) atoms. The predicted octanol–water partition coefficient (Wildman–Crippen LogP) is 6.70. The van der Waals surface area contributed by atoms with Crippen LogP contribution in [0.1, 0.15) is 33.0 Å². The van der Waals surface area contributed by atoms with E-state index in [-0.39, 0.29) is 13.2 Å². The van der Waals surface area contributed by atoms with Gasteiger partial charge >= 0.3 is 0 Å². The van der Waals surface area contributed by atoms with E-state index < -0.39 is 17.7 Å². The molecule has 0 aliphatic carbocycles. The zero-order valence-corrected chi connectivity index (χ0v) is 20.4. The van der Waals surface area contributed by atoms with Crippen LogP contribution >= 0.6 is 46.4 Å². The molecule has 0 bridgehead atoms. The first-order chi connectivity index (χ1) is 16.3. The Kier molecular flexibility index (Phi) is 7.76. The van der Waals surface area contributed by atoms with Gasteiger partial charge in [-0.3, -0.25) is 14.4 Å². The Hall–Kier alpha value is -2.61. The second-order valence-corrected chi connectivity index (χ2v) is 8.96. The van der Waals surface area contributed by atoms with E-state index in [1.807, 2.05) is 0 Å². The minimum Gasteiger partial charge on any atom is -0.391 e. The monoisotopic (exact) mass is 536 g/mol. The summed E-state index contributed by atoms with van der Waals surface area (Å²) >= 11 is 24.1. The Morgan fingerprint density at radius 3 is 2.12 bits per heavy atom. The molecule has 10 heteroatoms. The Labute approximate surface area is 215 Å². The molecular weight excluding hydrogens is 522 g/mol. The third-order valence-electron chi connectivity index (χ3n) is 5.06. The van der Waals surface area contributed by atoms with Crippen molar-refractivity contribution in [1.82, 2.24) is 5.06 Å². The first-order valence-electron chi connectivity index (χ1n) is 9.98. The molecule has 3 aromatic rings. The zero-order chi connectivity index (χ0) is 24.2. The van der Waals surface area contributed by atoms with Gasteiger partial charge in [0.1, 0.15) is 19.1 Å². The smallest absolute Gasteiger partial charge is 0.285 e. The third kappa shape index (κ3) is 5.37. The molecule has 1 atom stereocenters. The van der Waals surface area contributed by atoms with E-state index >= 15 is 0 Å². The van der Waals surface area contributed by atoms with E-state index in [0.717, 1.165) is 5.06 Å². The fourth-order valence-corrected chi connectivity index (χ4v) is 4.25. The number of oxime groups is 1. The number of hydrogen-bond acceptors (Lipinski definition) is 5. The molecule has 1 unspecified atom stereocenters. The molecule has 4 rings (SSSR count). The van der Waals surface area contributed by atoms with Crippen LogP contribution < -0.4 is 0 Å². The summed E-state index contributed by atoms with van der Waals surface area (Å²) in [5, 5.41) is 6.42. The summed E-state index contributed by atoms with van der Waals surface area (Å²) in [6.45, 7) is -0.0334. The summed E-state index contributed by atoms with van der Waals surface area (Å²) in [5.74, 6) is -2.08. The summed E-state index contributed by atoms with van der Waals surface area (Å²) in [4.78, 5) is 37.0. The minimum atomic E-state index is -0.893.